The molecule has 0 saturated heterocycles. The number of hydrogen-bond acceptors (Lipinski definition) is 4. The lowest BCUT2D eigenvalue weighted by Crippen LogP contribution is -2.47. The van der Waals surface area contributed by atoms with Gasteiger partial charge in [-0.2, -0.15) is 0 Å². The zero-order chi connectivity index (χ0) is 16.4. The fraction of sp³-hybridized carbons (Fsp3) is 0.588. The van der Waals surface area contributed by atoms with E-state index in [0.29, 0.717) is 18.0 Å². The smallest absolute Gasteiger partial charge is 0.318 e. The lowest BCUT2D eigenvalue weighted by atomic mass is 9.95. The number of aliphatic hydroxyl groups is 1. The quantitative estimate of drug-likeness (QED) is 0.896. The molecular formula is C17H24N2O4. The van der Waals surface area contributed by atoms with E-state index in [1.54, 1.807) is 25.2 Å². The first-order chi connectivity index (χ1) is 11.1. The summed E-state index contributed by atoms with van der Waals surface area (Å²) >= 11 is 0. The van der Waals surface area contributed by atoms with Gasteiger partial charge in [-0.15, -0.1) is 0 Å². The van der Waals surface area contributed by atoms with Gasteiger partial charge in [0.15, 0.2) is 0 Å². The van der Waals surface area contributed by atoms with Crippen molar-refractivity contribution in [1.82, 2.24) is 10.2 Å². The first kappa shape index (κ1) is 15.9. The first-order valence-electron chi connectivity index (χ1n) is 8.11. The number of nitrogens with one attached hydrogen (secondary N) is 1. The second kappa shape index (κ2) is 6.66. The summed E-state index contributed by atoms with van der Waals surface area (Å²) < 4.78 is 10.7. The van der Waals surface area contributed by atoms with Crippen molar-refractivity contribution in [2.75, 3.05) is 20.8 Å². The van der Waals surface area contributed by atoms with Crippen LogP contribution in [0.1, 0.15) is 42.9 Å². The van der Waals surface area contributed by atoms with Crippen LogP contribution in [0.25, 0.3) is 0 Å². The predicted octanol–water partition coefficient (Wildman–Crippen LogP) is 2.21. The molecule has 2 amide bonds. The number of methoxy groups -OCH3 is 2. The number of carbonyl (C=O) groups is 1. The molecule has 6 heteroatoms. The molecule has 1 aromatic rings. The van der Waals surface area contributed by atoms with Crippen LogP contribution in [-0.2, 0) is 6.54 Å². The molecule has 6 nitrogen and oxygen atoms in total. The zero-order valence-corrected chi connectivity index (χ0v) is 13.7. The van der Waals surface area contributed by atoms with Crippen LogP contribution < -0.4 is 14.8 Å². The molecule has 0 aromatic heterocycles. The minimum atomic E-state index is -0.780. The number of hydrogen-bond donors (Lipinski definition) is 2. The number of amides is 2. The molecule has 23 heavy (non-hydrogen) atoms. The number of β-amino-alcohol motifs (C(OH)–C–C–N with tert-alkyl or cyclic N) is 1. The number of rotatable bonds is 3. The number of carbonyl (C=O) groups excluding carboxylic acids is 1. The van der Waals surface area contributed by atoms with E-state index in [9.17, 15) is 9.90 Å². The Kier molecular flexibility index (Phi) is 4.61. The number of aliphatic hydroxyl groups excluding tert-OH is 1. The Balaban J connectivity index is 1.82. The lowest BCUT2D eigenvalue weighted by Gasteiger charge is -2.34. The number of fused-ring (bicyclic) bond motifs is 1. The van der Waals surface area contributed by atoms with Gasteiger partial charge in [-0.3, -0.25) is 0 Å². The van der Waals surface area contributed by atoms with Crippen LogP contribution in [0, 0.1) is 0 Å². The van der Waals surface area contributed by atoms with Crippen molar-refractivity contribution in [2.45, 2.75) is 44.4 Å². The van der Waals surface area contributed by atoms with Crippen molar-refractivity contribution >= 4 is 6.03 Å². The molecule has 2 aliphatic rings. The Morgan fingerprint density at radius 1 is 1.22 bits per heavy atom. The molecule has 3 rings (SSSR count). The Morgan fingerprint density at radius 2 is 1.87 bits per heavy atom. The third-order valence-corrected chi connectivity index (χ3v) is 4.76. The van der Waals surface area contributed by atoms with Gasteiger partial charge in [0.05, 0.1) is 27.3 Å². The summed E-state index contributed by atoms with van der Waals surface area (Å²) in [7, 11) is 3.17. The minimum Gasteiger partial charge on any atom is -0.496 e. The maximum Gasteiger partial charge on any atom is 0.318 e. The minimum absolute atomic E-state index is 0.119. The van der Waals surface area contributed by atoms with Gasteiger partial charge in [-0.1, -0.05) is 12.8 Å². The molecular weight excluding hydrogens is 296 g/mol. The third-order valence-electron chi connectivity index (χ3n) is 4.76. The van der Waals surface area contributed by atoms with E-state index in [2.05, 4.69) is 5.32 Å². The van der Waals surface area contributed by atoms with E-state index in [4.69, 9.17) is 9.47 Å². The van der Waals surface area contributed by atoms with Crippen LogP contribution in [0.5, 0.6) is 11.5 Å². The van der Waals surface area contributed by atoms with Crippen LogP contribution in [0.4, 0.5) is 4.79 Å². The summed E-state index contributed by atoms with van der Waals surface area (Å²) in [5.74, 6) is 1.29. The third kappa shape index (κ3) is 3.08. The van der Waals surface area contributed by atoms with Crippen molar-refractivity contribution in [3.8, 4) is 11.5 Å². The van der Waals surface area contributed by atoms with Crippen LogP contribution >= 0.6 is 0 Å². The van der Waals surface area contributed by atoms with Crippen LogP contribution in [0.15, 0.2) is 12.1 Å². The van der Waals surface area contributed by atoms with Crippen molar-refractivity contribution in [2.24, 2.45) is 0 Å². The van der Waals surface area contributed by atoms with Crippen LogP contribution in [0.2, 0.25) is 0 Å². The van der Waals surface area contributed by atoms with E-state index >= 15 is 0 Å². The van der Waals surface area contributed by atoms with Gasteiger partial charge in [0.2, 0.25) is 0 Å². The van der Waals surface area contributed by atoms with E-state index in [1.165, 1.54) is 12.8 Å². The Bertz CT molecular complexity index is 584. The molecule has 1 aromatic carbocycles. The maximum absolute atomic E-state index is 12.5. The number of urea groups is 1. The summed E-state index contributed by atoms with van der Waals surface area (Å²) in [5, 5.41) is 13.6. The van der Waals surface area contributed by atoms with Gasteiger partial charge in [0, 0.05) is 17.2 Å². The second-order valence-corrected chi connectivity index (χ2v) is 6.19. The number of ether oxygens (including phenoxy) is 2. The predicted molar refractivity (Wildman–Crippen MR) is 85.7 cm³/mol. The molecule has 1 fully saturated rings. The van der Waals surface area contributed by atoms with Crippen LogP contribution in [-0.4, -0.2) is 42.8 Å². The Hall–Kier alpha value is -1.95. The average Bonchev–Trinajstić information content (AvgIpc) is 3.06. The molecule has 0 spiro atoms. The molecule has 1 saturated carbocycles. The molecule has 0 bridgehead atoms. The first-order valence-corrected chi connectivity index (χ1v) is 8.11. The van der Waals surface area contributed by atoms with Crippen molar-refractivity contribution in [1.29, 1.82) is 0 Å². The highest BCUT2D eigenvalue weighted by molar-refractivity contribution is 5.75. The standard InChI is InChI=1S/C17H24N2O4/c1-22-14-7-8-15(23-2)16-12(14)9-19(10-13(16)20)17(21)18-11-5-3-4-6-11/h7-8,11,13,20H,3-6,9-10H2,1-2H3,(H,18,21). The van der Waals surface area contributed by atoms with Gasteiger partial charge in [0.1, 0.15) is 17.6 Å². The van der Waals surface area contributed by atoms with Crippen molar-refractivity contribution < 1.29 is 19.4 Å². The molecule has 1 aliphatic carbocycles. The normalized spacial score (nSPS) is 21.0. The van der Waals surface area contributed by atoms with Gasteiger partial charge < -0.3 is 24.8 Å². The molecule has 1 aliphatic heterocycles. The second-order valence-electron chi connectivity index (χ2n) is 6.19. The van der Waals surface area contributed by atoms with E-state index in [0.717, 1.165) is 24.0 Å². The molecule has 2 N–H and O–H groups in total. The summed E-state index contributed by atoms with van der Waals surface area (Å²) in [5.41, 5.74) is 1.53. The molecule has 1 heterocycles. The highest BCUT2D eigenvalue weighted by Crippen LogP contribution is 2.39. The zero-order valence-electron chi connectivity index (χ0n) is 13.7. The molecule has 1 unspecified atom stereocenters. The molecule has 126 valence electrons. The topological polar surface area (TPSA) is 71.0 Å². The van der Waals surface area contributed by atoms with E-state index in [-0.39, 0.29) is 18.6 Å². The highest BCUT2D eigenvalue weighted by atomic mass is 16.5. The van der Waals surface area contributed by atoms with E-state index in [1.807, 2.05) is 6.07 Å². The maximum atomic E-state index is 12.5. The highest BCUT2D eigenvalue weighted by Gasteiger charge is 2.32. The van der Waals surface area contributed by atoms with Gasteiger partial charge in [-0.05, 0) is 25.0 Å². The summed E-state index contributed by atoms with van der Waals surface area (Å²) in [6.07, 6.45) is 3.63. The Labute approximate surface area is 136 Å². The lowest BCUT2D eigenvalue weighted by molar-refractivity contribution is 0.0995. The molecule has 0 radical (unpaired) electrons. The molecule has 1 atom stereocenters. The Morgan fingerprint density at radius 3 is 2.52 bits per heavy atom. The van der Waals surface area contributed by atoms with Crippen molar-refractivity contribution in [3.63, 3.8) is 0 Å². The van der Waals surface area contributed by atoms with E-state index < -0.39 is 6.10 Å². The van der Waals surface area contributed by atoms with Crippen LogP contribution in [0.3, 0.4) is 0 Å². The SMILES string of the molecule is COc1ccc(OC)c2c1CN(C(=O)NC1CCCC1)CC2O. The summed E-state index contributed by atoms with van der Waals surface area (Å²) in [4.78, 5) is 14.1. The largest absolute Gasteiger partial charge is 0.496 e. The van der Waals surface area contributed by atoms with Gasteiger partial charge >= 0.3 is 6.03 Å². The number of benzene rings is 1. The van der Waals surface area contributed by atoms with Gasteiger partial charge in [-0.25, -0.2) is 4.79 Å². The fourth-order valence-electron chi connectivity index (χ4n) is 3.57. The fourth-order valence-corrected chi connectivity index (χ4v) is 3.57. The number of nitrogens with zero attached hydrogens (tertiary/aromatic N) is 1. The average molecular weight is 320 g/mol. The summed E-state index contributed by atoms with van der Waals surface area (Å²) in [6.45, 7) is 0.667. The monoisotopic (exact) mass is 320 g/mol. The van der Waals surface area contributed by atoms with Crippen molar-refractivity contribution in [3.05, 3.63) is 23.3 Å². The summed E-state index contributed by atoms with van der Waals surface area (Å²) in [6, 6.07) is 3.73. The van der Waals surface area contributed by atoms with Gasteiger partial charge in [0.25, 0.3) is 0 Å².